The van der Waals surface area contributed by atoms with E-state index in [2.05, 4.69) is 0 Å². The topological polar surface area (TPSA) is 86.9 Å². The Morgan fingerprint density at radius 2 is 1.67 bits per heavy atom. The molecular formula is C22H25ClN4O3. The molecule has 3 amide bonds. The van der Waals surface area contributed by atoms with Crippen LogP contribution in [0.4, 0.5) is 5.69 Å². The van der Waals surface area contributed by atoms with Gasteiger partial charge in [0, 0.05) is 55.4 Å². The molecule has 158 valence electrons. The fourth-order valence-electron chi connectivity index (χ4n) is 3.42. The van der Waals surface area contributed by atoms with Crippen molar-refractivity contribution in [1.29, 1.82) is 0 Å². The van der Waals surface area contributed by atoms with E-state index in [0.29, 0.717) is 36.8 Å². The maximum absolute atomic E-state index is 12.9. The van der Waals surface area contributed by atoms with E-state index >= 15 is 0 Å². The minimum atomic E-state index is -0.447. The van der Waals surface area contributed by atoms with Crippen molar-refractivity contribution in [3.8, 4) is 0 Å². The van der Waals surface area contributed by atoms with Gasteiger partial charge in [0.15, 0.2) is 0 Å². The summed E-state index contributed by atoms with van der Waals surface area (Å²) in [5, 5.41) is 0.530. The normalized spacial score (nSPS) is 14.4. The summed E-state index contributed by atoms with van der Waals surface area (Å²) >= 11 is 5.98. The second kappa shape index (κ2) is 10.2. The summed E-state index contributed by atoms with van der Waals surface area (Å²) in [5.74, 6) is -0.607. The average Bonchev–Trinajstić information content (AvgIpc) is 2.74. The van der Waals surface area contributed by atoms with Gasteiger partial charge in [0.05, 0.1) is 6.54 Å². The zero-order valence-electron chi connectivity index (χ0n) is 16.7. The van der Waals surface area contributed by atoms with Gasteiger partial charge in [0.25, 0.3) is 5.91 Å². The number of anilines is 1. The number of amides is 3. The highest BCUT2D eigenvalue weighted by atomic mass is 35.5. The first kappa shape index (κ1) is 21.8. The number of benzene rings is 2. The number of rotatable bonds is 7. The van der Waals surface area contributed by atoms with Gasteiger partial charge in [-0.1, -0.05) is 35.9 Å². The first-order chi connectivity index (χ1) is 14.4. The molecule has 1 aliphatic rings. The number of para-hydroxylation sites is 1. The lowest BCUT2D eigenvalue weighted by atomic mass is 10.2. The molecule has 0 bridgehead atoms. The van der Waals surface area contributed by atoms with Crippen molar-refractivity contribution >= 4 is 35.0 Å². The van der Waals surface area contributed by atoms with Crippen LogP contribution in [0.3, 0.4) is 0 Å². The summed E-state index contributed by atoms with van der Waals surface area (Å²) in [6.45, 7) is 2.71. The minimum absolute atomic E-state index is 0.0594. The van der Waals surface area contributed by atoms with Gasteiger partial charge in [-0.3, -0.25) is 19.3 Å². The lowest BCUT2D eigenvalue weighted by molar-refractivity contribution is -0.120. The van der Waals surface area contributed by atoms with Crippen molar-refractivity contribution in [3.05, 3.63) is 65.2 Å². The molecule has 3 rings (SSSR count). The zero-order valence-corrected chi connectivity index (χ0v) is 17.4. The van der Waals surface area contributed by atoms with Crippen LogP contribution in [0.5, 0.6) is 0 Å². The van der Waals surface area contributed by atoms with Gasteiger partial charge in [-0.05, 0) is 30.3 Å². The van der Waals surface area contributed by atoms with Crippen molar-refractivity contribution in [3.63, 3.8) is 0 Å². The van der Waals surface area contributed by atoms with Gasteiger partial charge in [-0.15, -0.1) is 0 Å². The average molecular weight is 429 g/mol. The number of carbonyl (C=O) groups excluding carboxylic acids is 3. The number of nitrogens with two attached hydrogens (primary N) is 1. The molecule has 0 aliphatic carbocycles. The third-order valence-corrected chi connectivity index (χ3v) is 5.28. The molecule has 0 aromatic heterocycles. The molecular weight excluding hydrogens is 404 g/mol. The van der Waals surface area contributed by atoms with Gasteiger partial charge in [-0.2, -0.15) is 0 Å². The summed E-state index contributed by atoms with van der Waals surface area (Å²) in [7, 11) is 0. The number of hydrogen-bond donors (Lipinski definition) is 1. The molecule has 2 aromatic rings. The van der Waals surface area contributed by atoms with E-state index in [0.717, 1.165) is 5.69 Å². The molecule has 8 heteroatoms. The molecule has 1 aliphatic heterocycles. The summed E-state index contributed by atoms with van der Waals surface area (Å²) in [6.07, 6.45) is 0.0998. The van der Waals surface area contributed by atoms with Crippen molar-refractivity contribution in [1.82, 2.24) is 9.80 Å². The molecule has 0 saturated carbocycles. The zero-order chi connectivity index (χ0) is 21.5. The van der Waals surface area contributed by atoms with E-state index in [1.807, 2.05) is 35.2 Å². The number of primary amides is 1. The second-order valence-electron chi connectivity index (χ2n) is 7.18. The van der Waals surface area contributed by atoms with E-state index in [9.17, 15) is 14.4 Å². The molecule has 1 saturated heterocycles. The van der Waals surface area contributed by atoms with Crippen LogP contribution in [0.25, 0.3) is 0 Å². The molecule has 2 aromatic carbocycles. The Balaban J connectivity index is 1.57. The molecule has 1 fully saturated rings. The summed E-state index contributed by atoms with van der Waals surface area (Å²) in [5.41, 5.74) is 6.57. The molecule has 30 heavy (non-hydrogen) atoms. The van der Waals surface area contributed by atoms with Gasteiger partial charge in [0.1, 0.15) is 0 Å². The van der Waals surface area contributed by atoms with Crippen molar-refractivity contribution in [2.24, 2.45) is 5.73 Å². The van der Waals surface area contributed by atoms with Crippen LogP contribution in [-0.4, -0.2) is 66.8 Å². The Hall–Kier alpha value is -2.90. The lowest BCUT2D eigenvalue weighted by Crippen LogP contribution is -2.51. The van der Waals surface area contributed by atoms with Crippen LogP contribution in [0, 0.1) is 0 Å². The van der Waals surface area contributed by atoms with E-state index in [1.54, 1.807) is 34.1 Å². The Kier molecular flexibility index (Phi) is 7.43. The van der Waals surface area contributed by atoms with Crippen LogP contribution in [0.2, 0.25) is 5.02 Å². The van der Waals surface area contributed by atoms with Crippen LogP contribution >= 0.6 is 11.6 Å². The highest BCUT2D eigenvalue weighted by Gasteiger charge is 2.25. The standard InChI is InChI=1S/C22H25ClN4O3/c23-18-6-4-5-17(15-18)22(30)26-13-11-25(12-14-26)16-21(29)27(10-9-20(24)28)19-7-2-1-3-8-19/h1-8,15H,9-14,16H2,(H2,24,28). The lowest BCUT2D eigenvalue weighted by Gasteiger charge is -2.35. The van der Waals surface area contributed by atoms with Crippen molar-refractivity contribution in [2.75, 3.05) is 44.2 Å². The van der Waals surface area contributed by atoms with Gasteiger partial charge >= 0.3 is 0 Å². The predicted molar refractivity (Wildman–Crippen MR) is 116 cm³/mol. The molecule has 0 spiro atoms. The van der Waals surface area contributed by atoms with Gasteiger partial charge in [0.2, 0.25) is 11.8 Å². The third-order valence-electron chi connectivity index (χ3n) is 5.04. The highest BCUT2D eigenvalue weighted by molar-refractivity contribution is 6.30. The molecule has 0 unspecified atom stereocenters. The Morgan fingerprint density at radius 3 is 2.30 bits per heavy atom. The van der Waals surface area contributed by atoms with Crippen molar-refractivity contribution in [2.45, 2.75) is 6.42 Å². The van der Waals surface area contributed by atoms with Crippen LogP contribution in [0.1, 0.15) is 16.8 Å². The molecule has 0 radical (unpaired) electrons. The summed E-state index contributed by atoms with van der Waals surface area (Å²) in [6, 6.07) is 16.1. The molecule has 7 nitrogen and oxygen atoms in total. The SMILES string of the molecule is NC(=O)CCN(C(=O)CN1CCN(C(=O)c2cccc(Cl)c2)CC1)c1ccccc1. The number of carbonyl (C=O) groups is 3. The maximum Gasteiger partial charge on any atom is 0.253 e. The summed E-state index contributed by atoms with van der Waals surface area (Å²) in [4.78, 5) is 42.2. The Labute approximate surface area is 181 Å². The predicted octanol–water partition coefficient (Wildman–Crippen LogP) is 2.01. The third kappa shape index (κ3) is 5.81. The fraction of sp³-hybridized carbons (Fsp3) is 0.318. The van der Waals surface area contributed by atoms with Crippen molar-refractivity contribution < 1.29 is 14.4 Å². The molecule has 0 atom stereocenters. The highest BCUT2D eigenvalue weighted by Crippen LogP contribution is 2.16. The molecule has 2 N–H and O–H groups in total. The quantitative estimate of drug-likeness (QED) is 0.730. The van der Waals surface area contributed by atoms with Crippen LogP contribution in [0.15, 0.2) is 54.6 Å². The number of nitrogens with zero attached hydrogens (tertiary/aromatic N) is 3. The van der Waals surface area contributed by atoms with Gasteiger partial charge in [-0.25, -0.2) is 0 Å². The number of hydrogen-bond acceptors (Lipinski definition) is 4. The molecule has 1 heterocycles. The minimum Gasteiger partial charge on any atom is -0.370 e. The largest absolute Gasteiger partial charge is 0.370 e. The van der Waals surface area contributed by atoms with E-state index in [1.165, 1.54) is 0 Å². The second-order valence-corrected chi connectivity index (χ2v) is 7.61. The van der Waals surface area contributed by atoms with E-state index in [-0.39, 0.29) is 31.3 Å². The van der Waals surface area contributed by atoms with Crippen LogP contribution < -0.4 is 10.6 Å². The van der Waals surface area contributed by atoms with Crippen LogP contribution in [-0.2, 0) is 9.59 Å². The Morgan fingerprint density at radius 1 is 0.967 bits per heavy atom. The van der Waals surface area contributed by atoms with E-state index < -0.39 is 5.91 Å². The van der Waals surface area contributed by atoms with E-state index in [4.69, 9.17) is 17.3 Å². The number of halogens is 1. The first-order valence-corrected chi connectivity index (χ1v) is 10.2. The monoisotopic (exact) mass is 428 g/mol. The number of piperazine rings is 1. The summed E-state index contributed by atoms with van der Waals surface area (Å²) < 4.78 is 0. The fourth-order valence-corrected chi connectivity index (χ4v) is 3.61. The van der Waals surface area contributed by atoms with Gasteiger partial charge < -0.3 is 15.5 Å². The Bertz CT molecular complexity index is 898. The maximum atomic E-state index is 12.9. The smallest absolute Gasteiger partial charge is 0.253 e. The first-order valence-electron chi connectivity index (χ1n) is 9.85.